The van der Waals surface area contributed by atoms with E-state index >= 15 is 0 Å². The van der Waals surface area contributed by atoms with Gasteiger partial charge in [-0.15, -0.1) is 17.5 Å². The van der Waals surface area contributed by atoms with Crippen LogP contribution in [0.4, 0.5) is 0 Å². The minimum absolute atomic E-state index is 0. The minimum atomic E-state index is -0.416. The van der Waals surface area contributed by atoms with Crippen LogP contribution in [0, 0.1) is 5.92 Å². The highest BCUT2D eigenvalue weighted by Gasteiger charge is 2.30. The summed E-state index contributed by atoms with van der Waals surface area (Å²) in [5.41, 5.74) is 9.06. The van der Waals surface area contributed by atoms with Crippen LogP contribution >= 0.6 is 24.0 Å². The number of amides is 1. The van der Waals surface area contributed by atoms with Gasteiger partial charge in [-0.3, -0.25) is 4.79 Å². The van der Waals surface area contributed by atoms with E-state index in [1.54, 1.807) is 0 Å². The van der Waals surface area contributed by atoms with Crippen LogP contribution in [0.1, 0.15) is 44.7 Å². The number of carbonyl (C=O) groups excluding carboxylic acids is 1. The first kappa shape index (κ1) is 24.4. The highest BCUT2D eigenvalue weighted by atomic mass is 35.5. The Morgan fingerprint density at radius 1 is 1.09 bits per heavy atom. The first-order valence-corrected chi connectivity index (χ1v) is 11.4. The maximum absolute atomic E-state index is 12.7. The lowest BCUT2D eigenvalue weighted by Crippen LogP contribution is -2.49. The van der Waals surface area contributed by atoms with Crippen LogP contribution in [0.15, 0.2) is 48.5 Å². The van der Waals surface area contributed by atoms with Crippen LogP contribution < -0.4 is 5.73 Å². The largest absolute Gasteiger partial charge is 0.341 e. The van der Waals surface area contributed by atoms with Gasteiger partial charge in [-0.05, 0) is 30.9 Å². The molecule has 3 aromatic rings. The van der Waals surface area contributed by atoms with Crippen molar-refractivity contribution >= 4 is 40.7 Å². The zero-order valence-electron chi connectivity index (χ0n) is 18.5. The fourth-order valence-corrected chi connectivity index (χ4v) is 4.45. The molecule has 32 heavy (non-hydrogen) atoms. The molecule has 1 aliphatic heterocycles. The number of carbonyl (C=O) groups is 1. The number of rotatable bonds is 5. The van der Waals surface area contributed by atoms with Gasteiger partial charge >= 0.3 is 0 Å². The van der Waals surface area contributed by atoms with Crippen LogP contribution in [0.3, 0.4) is 0 Å². The fraction of sp³-hybridized carbons (Fsp3) is 0.400. The molecular weight excluding hydrogens is 443 g/mol. The number of likely N-dealkylation sites (tertiary alicyclic amines) is 1. The van der Waals surface area contributed by atoms with Crippen molar-refractivity contribution in [3.05, 3.63) is 59.2 Å². The van der Waals surface area contributed by atoms with Crippen LogP contribution in [-0.2, 0) is 4.79 Å². The normalized spacial score (nSPS) is 16.4. The first-order chi connectivity index (χ1) is 15.0. The molecule has 0 spiro atoms. The van der Waals surface area contributed by atoms with Crippen molar-refractivity contribution in [1.29, 1.82) is 0 Å². The van der Waals surface area contributed by atoms with Crippen LogP contribution in [0.25, 0.3) is 22.0 Å². The van der Waals surface area contributed by atoms with Gasteiger partial charge < -0.3 is 10.6 Å². The molecule has 0 aliphatic carbocycles. The van der Waals surface area contributed by atoms with Crippen molar-refractivity contribution in [2.24, 2.45) is 11.7 Å². The van der Waals surface area contributed by atoms with Gasteiger partial charge in [0, 0.05) is 40.4 Å². The third-order valence-electron chi connectivity index (χ3n) is 6.57. The van der Waals surface area contributed by atoms with Crippen molar-refractivity contribution in [1.82, 2.24) is 15.1 Å². The Hall–Kier alpha value is -2.21. The molecular formula is C25H30Cl2N4O. The molecule has 1 aliphatic rings. The summed E-state index contributed by atoms with van der Waals surface area (Å²) in [6.45, 7) is 5.53. The SMILES string of the molecule is CCC(C)C(N)C(=O)N1CCC(c2nnc(-c3ccc(Cl)cc3)c3ccccc23)CC1.Cl. The standard InChI is InChI=1S/C25H29ClN4O.ClH/c1-3-16(2)22(27)25(31)30-14-12-18(13-15-30)24-21-7-5-4-6-20(21)23(28-29-24)17-8-10-19(26)11-9-17;/h4-11,16,18,22H,3,12-15,27H2,1-2H3;1H. The van der Waals surface area contributed by atoms with Gasteiger partial charge in [0.15, 0.2) is 0 Å². The van der Waals surface area contributed by atoms with Crippen LogP contribution in [0.5, 0.6) is 0 Å². The van der Waals surface area contributed by atoms with E-state index in [0.29, 0.717) is 18.1 Å². The molecule has 170 valence electrons. The van der Waals surface area contributed by atoms with Gasteiger partial charge in [0.05, 0.1) is 11.7 Å². The Morgan fingerprint density at radius 2 is 1.72 bits per heavy atom. The zero-order chi connectivity index (χ0) is 22.0. The van der Waals surface area contributed by atoms with E-state index in [-0.39, 0.29) is 30.2 Å². The predicted octanol–water partition coefficient (Wildman–Crippen LogP) is 5.45. The third-order valence-corrected chi connectivity index (χ3v) is 6.82. The summed E-state index contributed by atoms with van der Waals surface area (Å²) in [5, 5.41) is 12.2. The lowest BCUT2D eigenvalue weighted by molar-refractivity contribution is -0.134. The van der Waals surface area contributed by atoms with Gasteiger partial charge in [0.1, 0.15) is 5.69 Å². The van der Waals surface area contributed by atoms with Gasteiger partial charge in [0.2, 0.25) is 5.91 Å². The summed E-state index contributed by atoms with van der Waals surface area (Å²) in [6, 6.07) is 15.6. The summed E-state index contributed by atoms with van der Waals surface area (Å²) in [6.07, 6.45) is 2.65. The Balaban J connectivity index is 0.00000289. The van der Waals surface area contributed by atoms with E-state index in [1.165, 1.54) is 0 Å². The summed E-state index contributed by atoms with van der Waals surface area (Å²) >= 11 is 6.05. The highest BCUT2D eigenvalue weighted by molar-refractivity contribution is 6.30. The van der Waals surface area contributed by atoms with E-state index in [2.05, 4.69) is 29.3 Å². The molecule has 2 unspecified atom stereocenters. The molecule has 1 saturated heterocycles. The van der Waals surface area contributed by atoms with Gasteiger partial charge in [-0.2, -0.15) is 5.10 Å². The van der Waals surface area contributed by atoms with Crippen molar-refractivity contribution in [2.45, 2.75) is 45.1 Å². The molecule has 1 aromatic heterocycles. The van der Waals surface area contributed by atoms with Gasteiger partial charge in [0.25, 0.3) is 0 Å². The molecule has 7 heteroatoms. The summed E-state index contributed by atoms with van der Waals surface area (Å²) in [4.78, 5) is 14.7. The molecule has 0 saturated carbocycles. The number of hydrogen-bond donors (Lipinski definition) is 1. The molecule has 1 fully saturated rings. The second-order valence-corrected chi connectivity index (χ2v) is 8.93. The van der Waals surface area contributed by atoms with Crippen molar-refractivity contribution < 1.29 is 4.79 Å². The van der Waals surface area contributed by atoms with E-state index in [1.807, 2.05) is 48.2 Å². The summed E-state index contributed by atoms with van der Waals surface area (Å²) < 4.78 is 0. The predicted molar refractivity (Wildman–Crippen MR) is 133 cm³/mol. The topological polar surface area (TPSA) is 72.1 Å². The van der Waals surface area contributed by atoms with Gasteiger partial charge in [-0.25, -0.2) is 0 Å². The number of piperidine rings is 1. The molecule has 0 bridgehead atoms. The van der Waals surface area contributed by atoms with E-state index in [0.717, 1.165) is 47.0 Å². The molecule has 2 aromatic carbocycles. The Kier molecular flexibility index (Phi) is 8.10. The molecule has 2 N–H and O–H groups in total. The highest BCUT2D eigenvalue weighted by Crippen LogP contribution is 2.35. The van der Waals surface area contributed by atoms with E-state index in [9.17, 15) is 4.79 Å². The van der Waals surface area contributed by atoms with Crippen molar-refractivity contribution in [3.8, 4) is 11.3 Å². The van der Waals surface area contributed by atoms with Crippen LogP contribution in [-0.4, -0.2) is 40.1 Å². The first-order valence-electron chi connectivity index (χ1n) is 11.0. The van der Waals surface area contributed by atoms with Crippen molar-refractivity contribution in [3.63, 3.8) is 0 Å². The number of aromatic nitrogens is 2. The molecule has 2 atom stereocenters. The number of hydrogen-bond acceptors (Lipinski definition) is 4. The maximum atomic E-state index is 12.7. The lowest BCUT2D eigenvalue weighted by atomic mass is 9.89. The maximum Gasteiger partial charge on any atom is 0.239 e. The second kappa shape index (κ2) is 10.6. The number of halogens is 2. The molecule has 1 amide bonds. The van der Waals surface area contributed by atoms with Crippen molar-refractivity contribution in [2.75, 3.05) is 13.1 Å². The fourth-order valence-electron chi connectivity index (χ4n) is 4.33. The summed E-state index contributed by atoms with van der Waals surface area (Å²) in [5.74, 6) is 0.544. The minimum Gasteiger partial charge on any atom is -0.341 e. The Bertz CT molecular complexity index is 1070. The number of benzene rings is 2. The molecule has 5 nitrogen and oxygen atoms in total. The molecule has 2 heterocycles. The second-order valence-electron chi connectivity index (χ2n) is 8.50. The third kappa shape index (κ3) is 4.90. The zero-order valence-corrected chi connectivity index (χ0v) is 20.1. The summed E-state index contributed by atoms with van der Waals surface area (Å²) in [7, 11) is 0. The quantitative estimate of drug-likeness (QED) is 0.535. The van der Waals surface area contributed by atoms with E-state index in [4.69, 9.17) is 17.3 Å². The van der Waals surface area contributed by atoms with E-state index < -0.39 is 6.04 Å². The Morgan fingerprint density at radius 3 is 2.34 bits per heavy atom. The Labute approximate surface area is 200 Å². The van der Waals surface area contributed by atoms with Crippen LogP contribution in [0.2, 0.25) is 5.02 Å². The average Bonchev–Trinajstić information content (AvgIpc) is 2.82. The number of fused-ring (bicyclic) bond motifs is 1. The lowest BCUT2D eigenvalue weighted by Gasteiger charge is -2.34. The number of nitrogens with two attached hydrogens (primary N) is 1. The average molecular weight is 473 g/mol. The monoisotopic (exact) mass is 472 g/mol. The molecule has 0 radical (unpaired) electrons. The number of nitrogens with zero attached hydrogens (tertiary/aromatic N) is 3. The molecule has 4 rings (SSSR count). The van der Waals surface area contributed by atoms with Gasteiger partial charge in [-0.1, -0.05) is 68.3 Å². The smallest absolute Gasteiger partial charge is 0.239 e.